The van der Waals surface area contributed by atoms with Gasteiger partial charge in [0.1, 0.15) is 0 Å². The first kappa shape index (κ1) is 17.3. The normalized spacial score (nSPS) is 14.4. The summed E-state index contributed by atoms with van der Waals surface area (Å²) < 4.78 is 37.5. The van der Waals surface area contributed by atoms with Gasteiger partial charge in [0.05, 0.1) is 6.54 Å². The monoisotopic (exact) mass is 349 g/mol. The van der Waals surface area contributed by atoms with Crippen molar-refractivity contribution in [2.24, 2.45) is 5.73 Å². The molecule has 0 aromatic heterocycles. The van der Waals surface area contributed by atoms with E-state index in [1.165, 1.54) is 4.90 Å². The maximum Gasteiger partial charge on any atom is 0.401 e. The van der Waals surface area contributed by atoms with Gasteiger partial charge in [-0.15, -0.1) is 0 Å². The summed E-state index contributed by atoms with van der Waals surface area (Å²) in [5.41, 5.74) is 9.33. The van der Waals surface area contributed by atoms with Crippen molar-refractivity contribution in [1.82, 2.24) is 4.90 Å². The molecule has 2 aromatic rings. The molecular formula is C18H18F3N3O. The number of nitrogens with two attached hydrogens (primary N) is 1. The van der Waals surface area contributed by atoms with Crippen molar-refractivity contribution in [3.05, 3.63) is 64.7 Å². The number of primary amides is 1. The summed E-state index contributed by atoms with van der Waals surface area (Å²) in [5.74, 6) is -0.471. The number of carbonyl (C=O) groups is 1. The van der Waals surface area contributed by atoms with Crippen molar-refractivity contribution in [2.45, 2.75) is 25.8 Å². The Kier molecular flexibility index (Phi) is 4.67. The lowest BCUT2D eigenvalue weighted by atomic mass is 10.1. The van der Waals surface area contributed by atoms with Gasteiger partial charge in [-0.25, -0.2) is 0 Å². The number of anilines is 1. The number of hydrogen-bond acceptors (Lipinski definition) is 3. The van der Waals surface area contributed by atoms with Crippen LogP contribution < -0.4 is 11.1 Å². The minimum atomic E-state index is -4.18. The fourth-order valence-corrected chi connectivity index (χ4v) is 2.93. The van der Waals surface area contributed by atoms with Crippen LogP contribution in [0.25, 0.3) is 0 Å². The molecule has 3 rings (SSSR count). The summed E-state index contributed by atoms with van der Waals surface area (Å²) in [6.45, 7) is 0.280. The van der Waals surface area contributed by atoms with Crippen LogP contribution >= 0.6 is 0 Å². The predicted octanol–water partition coefficient (Wildman–Crippen LogP) is 3.28. The standard InChI is InChI=1S/C18H18F3N3O/c19-18(20,21)11-24-9-14-5-6-16(7-15(14)10-24)23-8-12-1-3-13(4-2-12)17(22)25/h1-7,23H,8-11H2,(H2,22,25). The molecule has 4 nitrogen and oxygen atoms in total. The molecular weight excluding hydrogens is 331 g/mol. The quantitative estimate of drug-likeness (QED) is 0.871. The molecule has 0 aliphatic carbocycles. The first-order valence-electron chi connectivity index (χ1n) is 7.84. The van der Waals surface area contributed by atoms with E-state index in [9.17, 15) is 18.0 Å². The number of hydrogen-bond donors (Lipinski definition) is 2. The first-order valence-corrected chi connectivity index (χ1v) is 7.84. The van der Waals surface area contributed by atoms with Gasteiger partial charge in [0.15, 0.2) is 0 Å². The lowest BCUT2D eigenvalue weighted by Crippen LogP contribution is -2.29. The third-order valence-corrected chi connectivity index (χ3v) is 4.13. The Morgan fingerprint density at radius 1 is 1.08 bits per heavy atom. The van der Waals surface area contributed by atoms with Crippen LogP contribution in [0.2, 0.25) is 0 Å². The average Bonchev–Trinajstić information content (AvgIpc) is 2.92. The number of carbonyl (C=O) groups excluding carboxylic acids is 1. The molecule has 0 fully saturated rings. The molecule has 0 saturated carbocycles. The number of fused-ring (bicyclic) bond motifs is 1. The molecule has 1 aliphatic rings. The highest BCUT2D eigenvalue weighted by Gasteiger charge is 2.33. The highest BCUT2D eigenvalue weighted by molar-refractivity contribution is 5.92. The molecule has 0 saturated heterocycles. The number of alkyl halides is 3. The number of rotatable bonds is 5. The molecule has 1 amide bonds. The maximum atomic E-state index is 12.5. The first-order chi connectivity index (χ1) is 11.8. The van der Waals surface area contributed by atoms with Crippen LogP contribution in [0.5, 0.6) is 0 Å². The Morgan fingerprint density at radius 2 is 1.76 bits per heavy atom. The van der Waals surface area contributed by atoms with Gasteiger partial charge in [-0.2, -0.15) is 13.2 Å². The Bertz CT molecular complexity index is 772. The average molecular weight is 349 g/mol. The Hall–Kier alpha value is -2.54. The molecule has 0 spiro atoms. The predicted molar refractivity (Wildman–Crippen MR) is 88.9 cm³/mol. The van der Waals surface area contributed by atoms with Gasteiger partial charge in [-0.05, 0) is 41.0 Å². The van der Waals surface area contributed by atoms with Crippen LogP contribution in [0, 0.1) is 0 Å². The van der Waals surface area contributed by atoms with Gasteiger partial charge in [0.25, 0.3) is 0 Å². The molecule has 1 aliphatic heterocycles. The summed E-state index contributed by atoms with van der Waals surface area (Å²) in [6.07, 6.45) is -4.18. The van der Waals surface area contributed by atoms with E-state index in [4.69, 9.17) is 5.73 Å². The van der Waals surface area contributed by atoms with Gasteiger partial charge >= 0.3 is 6.18 Å². The number of nitrogens with one attached hydrogen (secondary N) is 1. The van der Waals surface area contributed by atoms with E-state index in [1.807, 2.05) is 30.3 Å². The Balaban J connectivity index is 1.60. The summed E-state index contributed by atoms with van der Waals surface area (Å²) >= 11 is 0. The van der Waals surface area contributed by atoms with E-state index in [0.717, 1.165) is 22.4 Å². The number of amides is 1. The van der Waals surface area contributed by atoms with Crippen molar-refractivity contribution in [2.75, 3.05) is 11.9 Å². The van der Waals surface area contributed by atoms with Crippen LogP contribution in [0.3, 0.4) is 0 Å². The molecule has 3 N–H and O–H groups in total. The molecule has 0 atom stereocenters. The largest absolute Gasteiger partial charge is 0.401 e. The van der Waals surface area contributed by atoms with Gasteiger partial charge < -0.3 is 11.1 Å². The Labute approximate surface area is 143 Å². The second-order valence-electron chi connectivity index (χ2n) is 6.16. The number of benzene rings is 2. The van der Waals surface area contributed by atoms with E-state index in [1.54, 1.807) is 12.1 Å². The third-order valence-electron chi connectivity index (χ3n) is 4.13. The Morgan fingerprint density at radius 3 is 2.40 bits per heavy atom. The highest BCUT2D eigenvalue weighted by Crippen LogP contribution is 2.28. The van der Waals surface area contributed by atoms with Gasteiger partial charge in [0, 0.05) is 30.9 Å². The highest BCUT2D eigenvalue weighted by atomic mass is 19.4. The van der Waals surface area contributed by atoms with Gasteiger partial charge in [0.2, 0.25) is 5.91 Å². The van der Waals surface area contributed by atoms with E-state index in [0.29, 0.717) is 25.2 Å². The fraction of sp³-hybridized carbons (Fsp3) is 0.278. The lowest BCUT2D eigenvalue weighted by molar-refractivity contribution is -0.146. The van der Waals surface area contributed by atoms with Gasteiger partial charge in [-0.3, -0.25) is 9.69 Å². The molecule has 132 valence electrons. The number of nitrogens with zero attached hydrogens (tertiary/aromatic N) is 1. The SMILES string of the molecule is NC(=O)c1ccc(CNc2ccc3c(c2)CN(CC(F)(F)F)C3)cc1. The smallest absolute Gasteiger partial charge is 0.381 e. The van der Waals surface area contributed by atoms with Crippen LogP contribution in [-0.2, 0) is 19.6 Å². The molecule has 0 bridgehead atoms. The number of halogens is 3. The second kappa shape index (κ2) is 6.76. The molecule has 25 heavy (non-hydrogen) atoms. The van der Waals surface area contributed by atoms with E-state index in [2.05, 4.69) is 5.32 Å². The van der Waals surface area contributed by atoms with Crippen molar-refractivity contribution >= 4 is 11.6 Å². The molecule has 1 heterocycles. The van der Waals surface area contributed by atoms with Crippen molar-refractivity contribution in [1.29, 1.82) is 0 Å². The molecule has 2 aromatic carbocycles. The second-order valence-corrected chi connectivity index (χ2v) is 6.16. The zero-order chi connectivity index (χ0) is 18.0. The minimum Gasteiger partial charge on any atom is -0.381 e. The summed E-state index contributed by atoms with van der Waals surface area (Å²) in [5, 5.41) is 3.25. The van der Waals surface area contributed by atoms with Gasteiger partial charge in [-0.1, -0.05) is 18.2 Å². The lowest BCUT2D eigenvalue weighted by Gasteiger charge is -2.16. The third kappa shape index (κ3) is 4.51. The molecule has 0 unspecified atom stereocenters. The summed E-state index contributed by atoms with van der Waals surface area (Å²) in [4.78, 5) is 12.4. The fourth-order valence-electron chi connectivity index (χ4n) is 2.93. The molecule has 0 radical (unpaired) electrons. The van der Waals surface area contributed by atoms with Crippen LogP contribution in [-0.4, -0.2) is 23.5 Å². The van der Waals surface area contributed by atoms with Crippen LogP contribution in [0.4, 0.5) is 18.9 Å². The van der Waals surface area contributed by atoms with E-state index >= 15 is 0 Å². The van der Waals surface area contributed by atoms with Crippen molar-refractivity contribution in [3.8, 4) is 0 Å². The van der Waals surface area contributed by atoms with Crippen LogP contribution in [0.15, 0.2) is 42.5 Å². The maximum absolute atomic E-state index is 12.5. The van der Waals surface area contributed by atoms with E-state index < -0.39 is 18.6 Å². The van der Waals surface area contributed by atoms with Crippen molar-refractivity contribution in [3.63, 3.8) is 0 Å². The van der Waals surface area contributed by atoms with Crippen molar-refractivity contribution < 1.29 is 18.0 Å². The minimum absolute atomic E-state index is 0.303. The topological polar surface area (TPSA) is 58.4 Å². The summed E-state index contributed by atoms with van der Waals surface area (Å²) in [6, 6.07) is 12.6. The van der Waals surface area contributed by atoms with E-state index in [-0.39, 0.29) is 0 Å². The summed E-state index contributed by atoms with van der Waals surface area (Å²) in [7, 11) is 0. The zero-order valence-corrected chi connectivity index (χ0v) is 13.4. The molecule has 7 heteroatoms. The zero-order valence-electron chi connectivity index (χ0n) is 13.4. The van der Waals surface area contributed by atoms with Crippen LogP contribution in [0.1, 0.15) is 27.0 Å².